The van der Waals surface area contributed by atoms with Gasteiger partial charge in [0.15, 0.2) is 0 Å². The van der Waals surface area contributed by atoms with E-state index >= 15 is 0 Å². The molecular weight excluding hydrogens is 208 g/mol. The molecule has 0 saturated carbocycles. The summed E-state index contributed by atoms with van der Waals surface area (Å²) >= 11 is 5.76. The summed E-state index contributed by atoms with van der Waals surface area (Å²) < 4.78 is 26.3. The Morgan fingerprint density at radius 3 is 2.86 bits per heavy atom. The minimum absolute atomic E-state index is 0.277. The van der Waals surface area contributed by atoms with Crippen LogP contribution in [0.3, 0.4) is 0 Å². The summed E-state index contributed by atoms with van der Waals surface area (Å²) in [5.41, 5.74) is 1.38. The van der Waals surface area contributed by atoms with Crippen molar-refractivity contribution in [1.82, 2.24) is 0 Å². The maximum absolute atomic E-state index is 13.1. The van der Waals surface area contributed by atoms with Crippen LogP contribution in [0, 0.1) is 0 Å². The Hall–Kier alpha value is -0.830. The lowest BCUT2D eigenvalue weighted by Gasteiger charge is -2.18. The van der Waals surface area contributed by atoms with Gasteiger partial charge in [-0.15, -0.1) is 0 Å². The van der Waals surface area contributed by atoms with E-state index < -0.39 is 11.8 Å². The van der Waals surface area contributed by atoms with Crippen LogP contribution in [0.4, 0.5) is 14.5 Å². The van der Waals surface area contributed by atoms with Gasteiger partial charge in [0.2, 0.25) is 0 Å². The van der Waals surface area contributed by atoms with Gasteiger partial charge < -0.3 is 5.32 Å². The molecule has 1 aromatic rings. The molecule has 0 saturated heterocycles. The lowest BCUT2D eigenvalue weighted by Crippen LogP contribution is -2.23. The normalized spacial score (nSPS) is 20.4. The zero-order valence-electron chi connectivity index (χ0n) is 7.65. The van der Waals surface area contributed by atoms with Crippen molar-refractivity contribution in [2.45, 2.75) is 18.8 Å². The number of halogens is 3. The molecule has 0 radical (unpaired) electrons. The standard InChI is InChI=1S/C10H10ClF2N/c1-10(12,13)8-5-14-9-4-6(11)2-3-7(8)9/h2-4,8,14H,5H2,1H3. The first-order valence-corrected chi connectivity index (χ1v) is 4.77. The van der Waals surface area contributed by atoms with E-state index in [1.165, 1.54) is 0 Å². The molecule has 1 heterocycles. The Bertz CT molecular complexity index is 360. The molecule has 1 aliphatic rings. The van der Waals surface area contributed by atoms with Crippen molar-refractivity contribution in [2.75, 3.05) is 11.9 Å². The van der Waals surface area contributed by atoms with Gasteiger partial charge in [-0.25, -0.2) is 8.78 Å². The molecular formula is C10H10ClF2N. The van der Waals surface area contributed by atoms with E-state index in [9.17, 15) is 8.78 Å². The van der Waals surface area contributed by atoms with E-state index in [0.717, 1.165) is 12.6 Å². The van der Waals surface area contributed by atoms with Gasteiger partial charge in [0.05, 0.1) is 5.92 Å². The van der Waals surface area contributed by atoms with E-state index in [4.69, 9.17) is 11.6 Å². The van der Waals surface area contributed by atoms with Gasteiger partial charge in [0.25, 0.3) is 5.92 Å². The monoisotopic (exact) mass is 217 g/mol. The molecule has 1 N–H and O–H groups in total. The third-order valence-electron chi connectivity index (χ3n) is 2.50. The van der Waals surface area contributed by atoms with Crippen LogP contribution in [0.1, 0.15) is 18.4 Å². The molecule has 14 heavy (non-hydrogen) atoms. The summed E-state index contributed by atoms with van der Waals surface area (Å²) in [6, 6.07) is 4.99. The minimum atomic E-state index is -2.69. The molecule has 0 aromatic heterocycles. The summed E-state index contributed by atoms with van der Waals surface area (Å²) in [6.45, 7) is 1.22. The lowest BCUT2D eigenvalue weighted by molar-refractivity contribution is -0.00184. The zero-order valence-corrected chi connectivity index (χ0v) is 8.41. The molecule has 1 nitrogen and oxygen atoms in total. The van der Waals surface area contributed by atoms with Crippen LogP contribution < -0.4 is 5.32 Å². The molecule has 1 aliphatic heterocycles. The number of nitrogens with one attached hydrogen (secondary N) is 1. The molecule has 1 unspecified atom stereocenters. The van der Waals surface area contributed by atoms with E-state index in [0.29, 0.717) is 10.6 Å². The van der Waals surface area contributed by atoms with Gasteiger partial charge in [-0.2, -0.15) is 0 Å². The first kappa shape index (κ1) is 9.71. The highest BCUT2D eigenvalue weighted by Gasteiger charge is 2.39. The van der Waals surface area contributed by atoms with Crippen LogP contribution in [0.25, 0.3) is 0 Å². The van der Waals surface area contributed by atoms with Crippen molar-refractivity contribution >= 4 is 17.3 Å². The third kappa shape index (κ3) is 1.57. The molecule has 4 heteroatoms. The third-order valence-corrected chi connectivity index (χ3v) is 2.73. The Morgan fingerprint density at radius 2 is 2.21 bits per heavy atom. The average molecular weight is 218 g/mol. The van der Waals surface area contributed by atoms with Crippen molar-refractivity contribution in [2.24, 2.45) is 0 Å². The van der Waals surface area contributed by atoms with Gasteiger partial charge in [-0.05, 0) is 17.7 Å². The molecule has 76 valence electrons. The van der Waals surface area contributed by atoms with E-state index in [1.807, 2.05) is 0 Å². The Kier molecular flexibility index (Phi) is 2.14. The fourth-order valence-corrected chi connectivity index (χ4v) is 1.93. The van der Waals surface area contributed by atoms with E-state index in [-0.39, 0.29) is 6.54 Å². The Balaban J connectivity index is 2.41. The number of alkyl halides is 2. The van der Waals surface area contributed by atoms with Crippen LogP contribution in [0.2, 0.25) is 5.02 Å². The second-order valence-corrected chi connectivity index (χ2v) is 4.06. The van der Waals surface area contributed by atoms with E-state index in [2.05, 4.69) is 5.32 Å². The number of fused-ring (bicyclic) bond motifs is 1. The summed E-state index contributed by atoms with van der Waals surface area (Å²) in [4.78, 5) is 0. The highest BCUT2D eigenvalue weighted by molar-refractivity contribution is 6.30. The Labute approximate surface area is 86.1 Å². The smallest absolute Gasteiger partial charge is 0.253 e. The SMILES string of the molecule is CC(F)(F)C1CNc2cc(Cl)ccc21. The fourth-order valence-electron chi connectivity index (χ4n) is 1.76. The van der Waals surface area contributed by atoms with Crippen LogP contribution in [0.15, 0.2) is 18.2 Å². The predicted octanol–water partition coefficient (Wildman–Crippen LogP) is 3.50. The topological polar surface area (TPSA) is 12.0 Å². The van der Waals surface area contributed by atoms with Crippen LogP contribution >= 0.6 is 11.6 Å². The highest BCUT2D eigenvalue weighted by atomic mass is 35.5. The van der Waals surface area contributed by atoms with Gasteiger partial charge in [0, 0.05) is 24.2 Å². The Morgan fingerprint density at radius 1 is 1.50 bits per heavy atom. The zero-order chi connectivity index (χ0) is 10.3. The summed E-state index contributed by atoms with van der Waals surface area (Å²) in [5.74, 6) is -3.43. The highest BCUT2D eigenvalue weighted by Crippen LogP contribution is 2.41. The predicted molar refractivity (Wildman–Crippen MR) is 53.3 cm³/mol. The lowest BCUT2D eigenvalue weighted by atomic mass is 9.96. The van der Waals surface area contributed by atoms with Gasteiger partial charge in [-0.3, -0.25) is 0 Å². The molecule has 0 aliphatic carbocycles. The number of hydrogen-bond donors (Lipinski definition) is 1. The van der Waals surface area contributed by atoms with Crippen molar-refractivity contribution in [3.05, 3.63) is 28.8 Å². The quantitative estimate of drug-likeness (QED) is 0.759. The summed E-state index contributed by atoms with van der Waals surface area (Å²) in [6.07, 6.45) is 0. The first-order chi connectivity index (χ1) is 6.48. The van der Waals surface area contributed by atoms with Gasteiger partial charge in [0.1, 0.15) is 0 Å². The molecule has 2 rings (SSSR count). The first-order valence-electron chi connectivity index (χ1n) is 4.39. The molecule has 0 bridgehead atoms. The minimum Gasteiger partial charge on any atom is -0.384 e. The molecule has 0 fully saturated rings. The van der Waals surface area contributed by atoms with Gasteiger partial charge >= 0.3 is 0 Å². The molecule has 0 spiro atoms. The molecule has 0 amide bonds. The van der Waals surface area contributed by atoms with Gasteiger partial charge in [-0.1, -0.05) is 17.7 Å². The van der Waals surface area contributed by atoms with Crippen molar-refractivity contribution in [1.29, 1.82) is 0 Å². The average Bonchev–Trinajstić information content (AvgIpc) is 2.45. The van der Waals surface area contributed by atoms with E-state index in [1.54, 1.807) is 18.2 Å². The second-order valence-electron chi connectivity index (χ2n) is 3.62. The number of rotatable bonds is 1. The van der Waals surface area contributed by atoms with Crippen molar-refractivity contribution < 1.29 is 8.78 Å². The summed E-state index contributed by atoms with van der Waals surface area (Å²) in [7, 11) is 0. The maximum atomic E-state index is 13.1. The van der Waals surface area contributed by atoms with Crippen molar-refractivity contribution in [3.63, 3.8) is 0 Å². The largest absolute Gasteiger partial charge is 0.384 e. The molecule has 1 aromatic carbocycles. The van der Waals surface area contributed by atoms with Crippen LogP contribution in [-0.4, -0.2) is 12.5 Å². The van der Waals surface area contributed by atoms with Crippen molar-refractivity contribution in [3.8, 4) is 0 Å². The fraction of sp³-hybridized carbons (Fsp3) is 0.400. The number of hydrogen-bond acceptors (Lipinski definition) is 1. The van der Waals surface area contributed by atoms with Crippen LogP contribution in [0.5, 0.6) is 0 Å². The van der Waals surface area contributed by atoms with Crippen LogP contribution in [-0.2, 0) is 0 Å². The maximum Gasteiger partial charge on any atom is 0.253 e. The summed E-state index contributed by atoms with van der Waals surface area (Å²) in [5, 5.41) is 3.50. The number of benzene rings is 1. The molecule has 1 atom stereocenters. The second kappa shape index (κ2) is 3.09. The number of anilines is 1.